The summed E-state index contributed by atoms with van der Waals surface area (Å²) in [5, 5.41) is 5.11. The zero-order chi connectivity index (χ0) is 23.2. The Morgan fingerprint density at radius 3 is 2.48 bits per heavy atom. The molecule has 0 spiro atoms. The Morgan fingerprint density at radius 1 is 1.12 bits per heavy atom. The first-order valence-corrected chi connectivity index (χ1v) is 11.9. The van der Waals surface area contributed by atoms with Crippen molar-refractivity contribution in [2.75, 3.05) is 26.0 Å². The fourth-order valence-corrected chi connectivity index (χ4v) is 4.11. The lowest BCUT2D eigenvalue weighted by Gasteiger charge is -2.16. The molecule has 2 amide bonds. The van der Waals surface area contributed by atoms with E-state index in [1.165, 1.54) is 18.1 Å². The number of aromatic nitrogens is 2. The summed E-state index contributed by atoms with van der Waals surface area (Å²) >= 11 is 1.34. The third kappa shape index (κ3) is 4.93. The van der Waals surface area contributed by atoms with Gasteiger partial charge >= 0.3 is 12.0 Å². The minimum atomic E-state index is -0.491. The van der Waals surface area contributed by atoms with Crippen LogP contribution in [0.1, 0.15) is 22.8 Å². The molecule has 0 radical (unpaired) electrons. The number of hydrogen-bond donors (Lipinski definition) is 0. The molecule has 2 aromatic carbocycles. The topological polar surface area (TPSA) is 80.0 Å². The lowest BCUT2D eigenvalue weighted by atomic mass is 10.2. The van der Waals surface area contributed by atoms with Gasteiger partial charge in [0.1, 0.15) is 16.9 Å². The second kappa shape index (κ2) is 10.4. The van der Waals surface area contributed by atoms with Gasteiger partial charge in [-0.1, -0.05) is 48.5 Å². The highest BCUT2D eigenvalue weighted by Crippen LogP contribution is 2.32. The molecule has 1 saturated heterocycles. The molecule has 0 saturated carbocycles. The number of hydrogen-bond acceptors (Lipinski definition) is 6. The number of amides is 2. The van der Waals surface area contributed by atoms with Gasteiger partial charge in [0.2, 0.25) is 0 Å². The number of carbonyl (C=O) groups excluding carboxylic acids is 2. The van der Waals surface area contributed by atoms with Crippen LogP contribution >= 0.6 is 11.8 Å². The van der Waals surface area contributed by atoms with Gasteiger partial charge in [0.15, 0.2) is 5.82 Å². The van der Waals surface area contributed by atoms with Crippen LogP contribution in [0.3, 0.4) is 0 Å². The van der Waals surface area contributed by atoms with Gasteiger partial charge in [0, 0.05) is 19.6 Å². The molecule has 1 aromatic heterocycles. The SMILES string of the molecule is CCOC(=O)c1c(SC)nn(-c2ccccc2)c1/N=C/N1CCN(Cc2ccccc2)C1=O. The molecular formula is C24H25N5O3S. The smallest absolute Gasteiger partial charge is 0.344 e. The Balaban J connectivity index is 1.64. The van der Waals surface area contributed by atoms with Crippen molar-refractivity contribution >= 4 is 35.9 Å². The van der Waals surface area contributed by atoms with E-state index in [4.69, 9.17) is 4.74 Å². The fourth-order valence-electron chi connectivity index (χ4n) is 3.57. The van der Waals surface area contributed by atoms with Crippen LogP contribution in [-0.4, -0.2) is 63.9 Å². The first-order chi connectivity index (χ1) is 16.1. The molecule has 33 heavy (non-hydrogen) atoms. The number of aliphatic imine (C=N–C) groups is 1. The largest absolute Gasteiger partial charge is 0.462 e. The molecule has 1 aliphatic heterocycles. The average molecular weight is 464 g/mol. The number of para-hydroxylation sites is 1. The highest BCUT2D eigenvalue weighted by molar-refractivity contribution is 7.98. The summed E-state index contributed by atoms with van der Waals surface area (Å²) in [6, 6.07) is 19.2. The van der Waals surface area contributed by atoms with Crippen LogP contribution in [0.25, 0.3) is 5.69 Å². The van der Waals surface area contributed by atoms with Crippen molar-refractivity contribution in [2.24, 2.45) is 4.99 Å². The lowest BCUT2D eigenvalue weighted by molar-refractivity contribution is 0.0523. The second-order valence-corrected chi connectivity index (χ2v) is 8.10. The lowest BCUT2D eigenvalue weighted by Crippen LogP contribution is -2.30. The first-order valence-electron chi connectivity index (χ1n) is 10.7. The molecule has 8 nitrogen and oxygen atoms in total. The number of ether oxygens (including phenoxy) is 1. The van der Waals surface area contributed by atoms with Crippen molar-refractivity contribution in [1.82, 2.24) is 19.6 Å². The fraction of sp³-hybridized carbons (Fsp3) is 0.250. The zero-order valence-electron chi connectivity index (χ0n) is 18.5. The third-order valence-corrected chi connectivity index (χ3v) is 5.84. The number of thioether (sulfide) groups is 1. The molecule has 2 heterocycles. The Kier molecular flexibility index (Phi) is 7.09. The standard InChI is InChI=1S/C24H25N5O3S/c1-3-32-23(30)20-21(29(26-22(20)33-2)19-12-8-5-9-13-19)25-17-28-15-14-27(24(28)31)16-18-10-6-4-7-11-18/h4-13,17H,3,14-16H2,1-2H3/b25-17+. The van der Waals surface area contributed by atoms with E-state index < -0.39 is 5.97 Å². The number of benzene rings is 2. The Morgan fingerprint density at radius 2 is 1.82 bits per heavy atom. The van der Waals surface area contributed by atoms with Gasteiger partial charge < -0.3 is 9.64 Å². The van der Waals surface area contributed by atoms with Crippen molar-refractivity contribution in [3.05, 3.63) is 71.8 Å². The maximum atomic E-state index is 12.9. The van der Waals surface area contributed by atoms with E-state index in [0.29, 0.717) is 30.5 Å². The molecule has 0 atom stereocenters. The van der Waals surface area contributed by atoms with E-state index in [1.807, 2.05) is 66.9 Å². The maximum absolute atomic E-state index is 12.9. The molecule has 0 aliphatic carbocycles. The monoisotopic (exact) mass is 463 g/mol. The van der Waals surface area contributed by atoms with Crippen LogP contribution in [0, 0.1) is 0 Å². The first kappa shape index (κ1) is 22.6. The van der Waals surface area contributed by atoms with Gasteiger partial charge in [-0.05, 0) is 30.9 Å². The average Bonchev–Trinajstić information content (AvgIpc) is 3.39. The normalized spacial score (nSPS) is 13.8. The van der Waals surface area contributed by atoms with E-state index in [9.17, 15) is 9.59 Å². The summed E-state index contributed by atoms with van der Waals surface area (Å²) in [5.74, 6) is -0.159. The predicted octanol–water partition coefficient (Wildman–Crippen LogP) is 4.37. The molecule has 170 valence electrons. The van der Waals surface area contributed by atoms with Crippen molar-refractivity contribution in [3.63, 3.8) is 0 Å². The molecular weight excluding hydrogens is 438 g/mol. The molecule has 0 bridgehead atoms. The van der Waals surface area contributed by atoms with Gasteiger partial charge in [0.25, 0.3) is 0 Å². The van der Waals surface area contributed by atoms with Crippen LogP contribution in [0.5, 0.6) is 0 Å². The van der Waals surface area contributed by atoms with E-state index in [1.54, 1.807) is 21.4 Å². The molecule has 9 heteroatoms. The Bertz CT molecular complexity index is 1150. The number of esters is 1. The van der Waals surface area contributed by atoms with Gasteiger partial charge in [-0.25, -0.2) is 19.3 Å². The molecule has 1 fully saturated rings. The second-order valence-electron chi connectivity index (χ2n) is 7.30. The van der Waals surface area contributed by atoms with E-state index in [-0.39, 0.29) is 18.2 Å². The number of nitrogens with zero attached hydrogens (tertiary/aromatic N) is 5. The summed E-state index contributed by atoms with van der Waals surface area (Å²) in [4.78, 5) is 33.6. The molecule has 3 aromatic rings. The number of rotatable bonds is 8. The van der Waals surface area contributed by atoms with Gasteiger partial charge in [0.05, 0.1) is 12.3 Å². The van der Waals surface area contributed by atoms with E-state index >= 15 is 0 Å². The maximum Gasteiger partial charge on any atom is 0.344 e. The quantitative estimate of drug-likeness (QED) is 0.215. The van der Waals surface area contributed by atoms with Crippen LogP contribution in [0.15, 0.2) is 70.7 Å². The summed E-state index contributed by atoms with van der Waals surface area (Å²) in [7, 11) is 0. The summed E-state index contributed by atoms with van der Waals surface area (Å²) in [6.45, 7) is 3.64. The van der Waals surface area contributed by atoms with Crippen molar-refractivity contribution in [3.8, 4) is 5.69 Å². The molecule has 1 aliphatic rings. The molecule has 4 rings (SSSR count). The van der Waals surface area contributed by atoms with Crippen molar-refractivity contribution < 1.29 is 14.3 Å². The minimum Gasteiger partial charge on any atom is -0.462 e. The minimum absolute atomic E-state index is 0.129. The highest BCUT2D eigenvalue weighted by Gasteiger charge is 2.29. The predicted molar refractivity (Wildman–Crippen MR) is 128 cm³/mol. The van der Waals surface area contributed by atoms with E-state index in [2.05, 4.69) is 10.1 Å². The third-order valence-electron chi connectivity index (χ3n) is 5.17. The number of urea groups is 1. The highest BCUT2D eigenvalue weighted by atomic mass is 32.2. The summed E-state index contributed by atoms with van der Waals surface area (Å²) in [6.07, 6.45) is 3.33. The van der Waals surface area contributed by atoms with Crippen molar-refractivity contribution in [2.45, 2.75) is 18.5 Å². The van der Waals surface area contributed by atoms with Crippen LogP contribution in [0.4, 0.5) is 10.6 Å². The summed E-state index contributed by atoms with van der Waals surface area (Å²) in [5.41, 5.74) is 2.12. The molecule has 0 unspecified atom stereocenters. The Hall–Kier alpha value is -3.59. The Labute approximate surface area is 196 Å². The van der Waals surface area contributed by atoms with E-state index in [0.717, 1.165) is 11.3 Å². The van der Waals surface area contributed by atoms with Gasteiger partial charge in [-0.2, -0.15) is 5.10 Å². The zero-order valence-corrected chi connectivity index (χ0v) is 19.4. The number of carbonyl (C=O) groups is 2. The van der Waals surface area contributed by atoms with Crippen LogP contribution in [0.2, 0.25) is 0 Å². The van der Waals surface area contributed by atoms with Gasteiger partial charge in [-0.15, -0.1) is 11.8 Å². The summed E-state index contributed by atoms with van der Waals surface area (Å²) < 4.78 is 6.88. The molecule has 0 N–H and O–H groups in total. The van der Waals surface area contributed by atoms with Crippen molar-refractivity contribution in [1.29, 1.82) is 0 Å². The van der Waals surface area contributed by atoms with Gasteiger partial charge in [-0.3, -0.25) is 4.90 Å². The van der Waals surface area contributed by atoms with Crippen LogP contribution < -0.4 is 0 Å². The van der Waals surface area contributed by atoms with Crippen LogP contribution in [-0.2, 0) is 11.3 Å².